The third-order valence-electron chi connectivity index (χ3n) is 7.38. The van der Waals surface area contributed by atoms with Crippen LogP contribution < -0.4 is 5.32 Å². The molecule has 0 bridgehead atoms. The fraction of sp³-hybridized carbons (Fsp3) is 0.429. The second-order valence-corrected chi connectivity index (χ2v) is 9.85. The highest BCUT2D eigenvalue weighted by Gasteiger charge is 2.37. The summed E-state index contributed by atoms with van der Waals surface area (Å²) < 4.78 is 50.9. The molecule has 3 aromatic rings. The Morgan fingerprint density at radius 3 is 2.62 bits per heavy atom. The molecular weight excluding hydrogens is 481 g/mol. The summed E-state index contributed by atoms with van der Waals surface area (Å²) in [6, 6.07) is 12.6. The fourth-order valence-electron chi connectivity index (χ4n) is 5.43. The second kappa shape index (κ2) is 11.5. The van der Waals surface area contributed by atoms with Crippen LogP contribution in [0, 0.1) is 23.5 Å². The van der Waals surface area contributed by atoms with Gasteiger partial charge in [-0.3, -0.25) is 4.79 Å². The number of nitrogens with one attached hydrogen (secondary N) is 1. The van der Waals surface area contributed by atoms with Crippen molar-refractivity contribution in [1.82, 2.24) is 19.8 Å². The summed E-state index contributed by atoms with van der Waals surface area (Å²) in [5.74, 6) is -0.875. The van der Waals surface area contributed by atoms with Gasteiger partial charge in [0, 0.05) is 57.1 Å². The van der Waals surface area contributed by atoms with Gasteiger partial charge in [0.25, 0.3) is 0 Å². The largest absolute Gasteiger partial charge is 0.381 e. The number of aromatic nitrogens is 2. The third kappa shape index (κ3) is 5.72. The molecule has 3 heterocycles. The Bertz CT molecular complexity index is 1200. The van der Waals surface area contributed by atoms with Crippen LogP contribution in [0.25, 0.3) is 11.3 Å². The first-order valence-corrected chi connectivity index (χ1v) is 12.7. The molecular formula is C28H31F3N4O2. The molecule has 0 spiro atoms. The van der Waals surface area contributed by atoms with E-state index in [4.69, 9.17) is 9.72 Å². The number of nitrogens with zero attached hydrogens (tertiary/aromatic N) is 3. The predicted octanol–water partition coefficient (Wildman–Crippen LogP) is 4.36. The van der Waals surface area contributed by atoms with Gasteiger partial charge < -0.3 is 19.5 Å². The van der Waals surface area contributed by atoms with Crippen LogP contribution in [-0.2, 0) is 16.1 Å². The van der Waals surface area contributed by atoms with Gasteiger partial charge in [-0.2, -0.15) is 0 Å². The number of alkyl halides is 1. The summed E-state index contributed by atoms with van der Waals surface area (Å²) in [6.07, 6.45) is 2.86. The number of carbonyl (C=O) groups excluding carboxylic acids is 1. The molecule has 196 valence electrons. The first kappa shape index (κ1) is 25.5. The summed E-state index contributed by atoms with van der Waals surface area (Å²) in [7, 11) is 0. The highest BCUT2D eigenvalue weighted by molar-refractivity contribution is 5.60. The Morgan fingerprint density at radius 2 is 1.92 bits per heavy atom. The third-order valence-corrected chi connectivity index (χ3v) is 7.38. The lowest BCUT2D eigenvalue weighted by Crippen LogP contribution is -2.41. The molecule has 0 radical (unpaired) electrons. The van der Waals surface area contributed by atoms with E-state index in [0.717, 1.165) is 30.2 Å². The van der Waals surface area contributed by atoms with Gasteiger partial charge >= 0.3 is 0 Å². The van der Waals surface area contributed by atoms with E-state index < -0.39 is 23.8 Å². The van der Waals surface area contributed by atoms with E-state index in [1.165, 1.54) is 0 Å². The van der Waals surface area contributed by atoms with Crippen molar-refractivity contribution in [2.24, 2.45) is 11.8 Å². The van der Waals surface area contributed by atoms with Gasteiger partial charge in [-0.15, -0.1) is 0 Å². The molecule has 9 heteroatoms. The SMILES string of the molecule is O=CN(C[C@@H]1CNC[C@@H]1F)[C@@H](c1nc(-c2cc(F)ccc2F)cn1Cc1ccccc1)C1CCOCC1. The average molecular weight is 513 g/mol. The van der Waals surface area contributed by atoms with E-state index in [2.05, 4.69) is 5.32 Å². The summed E-state index contributed by atoms with van der Waals surface area (Å²) in [5, 5.41) is 3.06. The van der Waals surface area contributed by atoms with Crippen LogP contribution in [0.3, 0.4) is 0 Å². The summed E-state index contributed by atoms with van der Waals surface area (Å²) in [6.45, 7) is 2.53. The Hall–Kier alpha value is -3.17. The molecule has 0 saturated carbocycles. The van der Waals surface area contributed by atoms with Crippen molar-refractivity contribution in [2.45, 2.75) is 31.6 Å². The van der Waals surface area contributed by atoms with Gasteiger partial charge in [-0.1, -0.05) is 30.3 Å². The molecule has 0 unspecified atom stereocenters. The zero-order chi connectivity index (χ0) is 25.8. The first-order chi connectivity index (χ1) is 18.0. The number of benzene rings is 2. The molecule has 1 N–H and O–H groups in total. The number of hydrogen-bond acceptors (Lipinski definition) is 4. The van der Waals surface area contributed by atoms with Crippen LogP contribution >= 0.6 is 0 Å². The number of carbonyl (C=O) groups is 1. The van der Waals surface area contributed by atoms with Crippen molar-refractivity contribution >= 4 is 6.41 Å². The molecule has 1 aromatic heterocycles. The minimum Gasteiger partial charge on any atom is -0.381 e. The predicted molar refractivity (Wildman–Crippen MR) is 133 cm³/mol. The number of rotatable bonds is 9. The number of imidazole rings is 1. The van der Waals surface area contributed by atoms with E-state index in [1.54, 1.807) is 11.1 Å². The van der Waals surface area contributed by atoms with Crippen LogP contribution in [-0.4, -0.2) is 59.9 Å². The lowest BCUT2D eigenvalue weighted by Gasteiger charge is -2.37. The Labute approximate surface area is 214 Å². The molecule has 5 rings (SSSR count). The molecule has 2 saturated heterocycles. The van der Waals surface area contributed by atoms with Crippen LogP contribution in [0.2, 0.25) is 0 Å². The quantitative estimate of drug-likeness (QED) is 0.433. The van der Waals surface area contributed by atoms with Crippen LogP contribution in [0.1, 0.15) is 30.3 Å². The maximum absolute atomic E-state index is 14.8. The Balaban J connectivity index is 1.60. The average Bonchev–Trinajstić information content (AvgIpc) is 3.52. The number of halogens is 3. The Kier molecular flexibility index (Phi) is 7.90. The maximum atomic E-state index is 14.8. The molecule has 0 aliphatic carbocycles. The van der Waals surface area contributed by atoms with Gasteiger partial charge in [-0.05, 0) is 42.5 Å². The highest BCUT2D eigenvalue weighted by atomic mass is 19.1. The smallest absolute Gasteiger partial charge is 0.210 e. The van der Waals surface area contributed by atoms with E-state index in [0.29, 0.717) is 45.0 Å². The topological polar surface area (TPSA) is 59.4 Å². The van der Waals surface area contributed by atoms with Crippen molar-refractivity contribution in [3.05, 3.63) is 77.8 Å². The lowest BCUT2D eigenvalue weighted by atomic mass is 9.89. The second-order valence-electron chi connectivity index (χ2n) is 9.85. The summed E-state index contributed by atoms with van der Waals surface area (Å²) in [5.41, 5.74) is 1.34. The van der Waals surface area contributed by atoms with Crippen molar-refractivity contribution in [2.75, 3.05) is 32.8 Å². The number of amides is 1. The molecule has 1 amide bonds. The maximum Gasteiger partial charge on any atom is 0.210 e. The van der Waals surface area contributed by atoms with Crippen molar-refractivity contribution in [3.8, 4) is 11.3 Å². The van der Waals surface area contributed by atoms with Crippen molar-refractivity contribution in [3.63, 3.8) is 0 Å². The van der Waals surface area contributed by atoms with Crippen molar-refractivity contribution < 1.29 is 22.7 Å². The summed E-state index contributed by atoms with van der Waals surface area (Å²) >= 11 is 0. The standard InChI is InChI=1S/C28H31F3N4O2/c29-22-6-7-24(30)23(12-22)26-17-34(15-19-4-2-1-3-5-19)28(33-26)27(20-8-10-37-11-9-20)35(18-36)16-21-13-32-14-25(21)31/h1-7,12,17-18,20-21,25,27,32H,8-11,13-16H2/t21-,25-,27+/m0/s1. The van der Waals surface area contributed by atoms with Gasteiger partial charge in [0.2, 0.25) is 6.41 Å². The van der Waals surface area contributed by atoms with Crippen LogP contribution in [0.4, 0.5) is 13.2 Å². The van der Waals surface area contributed by atoms with Gasteiger partial charge in [0.05, 0.1) is 11.7 Å². The molecule has 2 aliphatic heterocycles. The normalized spacial score (nSPS) is 21.2. The van der Waals surface area contributed by atoms with E-state index in [-0.39, 0.29) is 36.2 Å². The van der Waals surface area contributed by atoms with Gasteiger partial charge in [0.15, 0.2) is 0 Å². The summed E-state index contributed by atoms with van der Waals surface area (Å²) in [4.78, 5) is 19.0. The lowest BCUT2D eigenvalue weighted by molar-refractivity contribution is -0.123. The molecule has 2 fully saturated rings. The van der Waals surface area contributed by atoms with Crippen LogP contribution in [0.5, 0.6) is 0 Å². The highest BCUT2D eigenvalue weighted by Crippen LogP contribution is 2.37. The van der Waals surface area contributed by atoms with Crippen LogP contribution in [0.15, 0.2) is 54.7 Å². The van der Waals surface area contributed by atoms with Gasteiger partial charge in [0.1, 0.15) is 23.6 Å². The van der Waals surface area contributed by atoms with E-state index >= 15 is 0 Å². The van der Waals surface area contributed by atoms with E-state index in [1.807, 2.05) is 34.9 Å². The van der Waals surface area contributed by atoms with Crippen molar-refractivity contribution in [1.29, 1.82) is 0 Å². The fourth-order valence-corrected chi connectivity index (χ4v) is 5.43. The first-order valence-electron chi connectivity index (χ1n) is 12.7. The van der Waals surface area contributed by atoms with E-state index in [9.17, 15) is 18.0 Å². The minimum absolute atomic E-state index is 0.0218. The molecule has 2 aromatic carbocycles. The number of ether oxygens (including phenoxy) is 1. The molecule has 3 atom stereocenters. The molecule has 37 heavy (non-hydrogen) atoms. The molecule has 2 aliphatic rings. The Morgan fingerprint density at radius 1 is 1.14 bits per heavy atom. The monoisotopic (exact) mass is 512 g/mol. The molecule has 6 nitrogen and oxygen atoms in total. The number of hydrogen-bond donors (Lipinski definition) is 1. The van der Waals surface area contributed by atoms with Gasteiger partial charge in [-0.25, -0.2) is 18.2 Å². The minimum atomic E-state index is -1.04. The zero-order valence-electron chi connectivity index (χ0n) is 20.5. The zero-order valence-corrected chi connectivity index (χ0v) is 20.5.